The first-order valence-corrected chi connectivity index (χ1v) is 9.47. The number of fused-ring (bicyclic) bond motifs is 1. The summed E-state index contributed by atoms with van der Waals surface area (Å²) in [5, 5.41) is 9.69. The van der Waals surface area contributed by atoms with Crippen LogP contribution in [-0.4, -0.2) is 43.6 Å². The summed E-state index contributed by atoms with van der Waals surface area (Å²) in [6.07, 6.45) is 5.68. The van der Waals surface area contributed by atoms with Crippen molar-refractivity contribution in [1.29, 1.82) is 0 Å². The average Bonchev–Trinajstić information content (AvgIpc) is 3.29. The van der Waals surface area contributed by atoms with Crippen LogP contribution in [0.3, 0.4) is 0 Å². The van der Waals surface area contributed by atoms with Crippen LogP contribution in [0.25, 0.3) is 0 Å². The average molecular weight is 368 g/mol. The van der Waals surface area contributed by atoms with Gasteiger partial charge >= 0.3 is 0 Å². The molecule has 1 aliphatic rings. The smallest absolute Gasteiger partial charge is 0.228 e. The Bertz CT molecular complexity index is 848. The molecule has 0 saturated carbocycles. The third-order valence-corrected chi connectivity index (χ3v) is 5.32. The fourth-order valence-corrected chi connectivity index (χ4v) is 3.85. The second kappa shape index (κ2) is 7.65. The van der Waals surface area contributed by atoms with Gasteiger partial charge in [-0.15, -0.1) is 11.3 Å². The molecular formula is C18H20N6OS. The van der Waals surface area contributed by atoms with Crippen molar-refractivity contribution in [3.63, 3.8) is 0 Å². The number of nitrogens with one attached hydrogen (secondary N) is 1. The fraction of sp³-hybridized carbons (Fsp3) is 0.333. The summed E-state index contributed by atoms with van der Waals surface area (Å²) in [5.41, 5.74) is 1.07. The number of hydrogen-bond acceptors (Lipinski definition) is 6. The first kappa shape index (κ1) is 16.7. The highest BCUT2D eigenvalue weighted by Gasteiger charge is 2.25. The maximum absolute atomic E-state index is 12.8. The van der Waals surface area contributed by atoms with Crippen molar-refractivity contribution in [2.24, 2.45) is 5.92 Å². The number of nitrogens with zero attached hydrogens (tertiary/aromatic N) is 5. The standard InChI is InChI=1S/C18H20N6OS/c25-17(9-16-3-1-8-26-16)23-11-14(10-21-18-19-5-2-6-20-18)12-24-15(13-23)4-7-22-24/h1-8,14H,9-13H2,(H,19,20,21)/t14-/m0/s1. The maximum Gasteiger partial charge on any atom is 0.228 e. The van der Waals surface area contributed by atoms with Crippen LogP contribution in [0.2, 0.25) is 0 Å². The number of anilines is 1. The second-order valence-electron chi connectivity index (χ2n) is 6.35. The summed E-state index contributed by atoms with van der Waals surface area (Å²) in [4.78, 5) is 24.3. The van der Waals surface area contributed by atoms with Gasteiger partial charge in [0.2, 0.25) is 11.9 Å². The molecule has 0 radical (unpaired) electrons. The summed E-state index contributed by atoms with van der Waals surface area (Å²) in [6, 6.07) is 7.77. The van der Waals surface area contributed by atoms with Gasteiger partial charge in [0.1, 0.15) is 0 Å². The first-order valence-electron chi connectivity index (χ1n) is 8.59. The quantitative estimate of drug-likeness (QED) is 0.746. The molecule has 134 valence electrons. The maximum atomic E-state index is 12.8. The van der Waals surface area contributed by atoms with Crippen molar-refractivity contribution in [2.45, 2.75) is 19.5 Å². The molecule has 1 aliphatic heterocycles. The lowest BCUT2D eigenvalue weighted by atomic mass is 10.1. The Hall–Kier alpha value is -2.74. The van der Waals surface area contributed by atoms with Crippen LogP contribution in [0.1, 0.15) is 10.6 Å². The summed E-state index contributed by atoms with van der Waals surface area (Å²) in [7, 11) is 0. The van der Waals surface area contributed by atoms with Gasteiger partial charge in [0.05, 0.1) is 18.7 Å². The Balaban J connectivity index is 1.47. The van der Waals surface area contributed by atoms with Crippen molar-refractivity contribution in [1.82, 2.24) is 24.6 Å². The largest absolute Gasteiger partial charge is 0.354 e. The monoisotopic (exact) mass is 368 g/mol. The summed E-state index contributed by atoms with van der Waals surface area (Å²) < 4.78 is 2.00. The van der Waals surface area contributed by atoms with E-state index in [4.69, 9.17) is 0 Å². The molecule has 0 aliphatic carbocycles. The van der Waals surface area contributed by atoms with Gasteiger partial charge < -0.3 is 10.2 Å². The highest BCUT2D eigenvalue weighted by Crippen LogP contribution is 2.18. The number of amides is 1. The van der Waals surface area contributed by atoms with Gasteiger partial charge in [0.25, 0.3) is 0 Å². The molecule has 0 bridgehead atoms. The van der Waals surface area contributed by atoms with E-state index in [1.807, 2.05) is 33.2 Å². The van der Waals surface area contributed by atoms with E-state index in [0.717, 1.165) is 17.1 Å². The van der Waals surface area contributed by atoms with E-state index < -0.39 is 0 Å². The van der Waals surface area contributed by atoms with Crippen molar-refractivity contribution in [2.75, 3.05) is 18.4 Å². The van der Waals surface area contributed by atoms with Crippen LogP contribution >= 0.6 is 11.3 Å². The Labute approximate surface area is 155 Å². The predicted octanol–water partition coefficient (Wildman–Crippen LogP) is 2.05. The Kier molecular flexibility index (Phi) is 4.92. The van der Waals surface area contributed by atoms with Crippen molar-refractivity contribution < 1.29 is 4.79 Å². The number of carbonyl (C=O) groups is 1. The van der Waals surface area contributed by atoms with Crippen LogP contribution in [-0.2, 0) is 24.3 Å². The van der Waals surface area contributed by atoms with Gasteiger partial charge in [0, 0.05) is 49.0 Å². The van der Waals surface area contributed by atoms with Gasteiger partial charge in [-0.05, 0) is 23.6 Å². The lowest BCUT2D eigenvalue weighted by molar-refractivity contribution is -0.131. The molecule has 8 heteroatoms. The van der Waals surface area contributed by atoms with E-state index in [9.17, 15) is 4.79 Å². The molecule has 1 amide bonds. The van der Waals surface area contributed by atoms with E-state index in [1.165, 1.54) is 0 Å². The van der Waals surface area contributed by atoms with Crippen LogP contribution in [0.4, 0.5) is 5.95 Å². The Morgan fingerprint density at radius 1 is 1.19 bits per heavy atom. The predicted molar refractivity (Wildman–Crippen MR) is 99.7 cm³/mol. The van der Waals surface area contributed by atoms with Crippen molar-refractivity contribution in [3.05, 3.63) is 58.8 Å². The highest BCUT2D eigenvalue weighted by molar-refractivity contribution is 7.10. The van der Waals surface area contributed by atoms with Gasteiger partial charge in [-0.2, -0.15) is 5.10 Å². The zero-order chi connectivity index (χ0) is 17.8. The molecule has 4 rings (SSSR count). The molecule has 0 saturated heterocycles. The van der Waals surface area contributed by atoms with E-state index in [-0.39, 0.29) is 11.8 Å². The topological polar surface area (TPSA) is 75.9 Å². The number of thiophene rings is 1. The number of carbonyl (C=O) groups excluding carboxylic acids is 1. The molecule has 3 aromatic rings. The van der Waals surface area contributed by atoms with Gasteiger partial charge in [-0.1, -0.05) is 6.07 Å². The molecule has 0 fully saturated rings. The highest BCUT2D eigenvalue weighted by atomic mass is 32.1. The van der Waals surface area contributed by atoms with Crippen LogP contribution in [0.5, 0.6) is 0 Å². The molecule has 0 aromatic carbocycles. The van der Waals surface area contributed by atoms with Crippen LogP contribution in [0, 0.1) is 5.92 Å². The number of hydrogen-bond donors (Lipinski definition) is 1. The third-order valence-electron chi connectivity index (χ3n) is 4.44. The summed E-state index contributed by atoms with van der Waals surface area (Å²) >= 11 is 1.62. The normalized spacial score (nSPS) is 16.8. The van der Waals surface area contributed by atoms with Crippen LogP contribution in [0.15, 0.2) is 48.2 Å². The first-order chi connectivity index (χ1) is 12.8. The molecule has 1 N–H and O–H groups in total. The molecular weight excluding hydrogens is 348 g/mol. The van der Waals surface area contributed by atoms with Gasteiger partial charge in [-0.3, -0.25) is 9.48 Å². The van der Waals surface area contributed by atoms with E-state index >= 15 is 0 Å². The van der Waals surface area contributed by atoms with Gasteiger partial charge in [-0.25, -0.2) is 9.97 Å². The molecule has 1 atom stereocenters. The van der Waals surface area contributed by atoms with Crippen molar-refractivity contribution in [3.8, 4) is 0 Å². The Morgan fingerprint density at radius 2 is 2.08 bits per heavy atom. The minimum absolute atomic E-state index is 0.156. The van der Waals surface area contributed by atoms with E-state index in [1.54, 1.807) is 36.0 Å². The molecule has 4 heterocycles. The molecule has 7 nitrogen and oxygen atoms in total. The minimum atomic E-state index is 0.156. The molecule has 3 aromatic heterocycles. The number of rotatable bonds is 5. The lowest BCUT2D eigenvalue weighted by Crippen LogP contribution is -2.37. The Morgan fingerprint density at radius 3 is 2.88 bits per heavy atom. The molecule has 0 unspecified atom stereocenters. The zero-order valence-corrected chi connectivity index (χ0v) is 15.1. The SMILES string of the molecule is O=C(Cc1cccs1)N1Cc2ccnn2C[C@@H](CNc2ncccn2)C1. The number of aromatic nitrogens is 4. The van der Waals surface area contributed by atoms with E-state index in [2.05, 4.69) is 20.4 Å². The zero-order valence-electron chi connectivity index (χ0n) is 14.3. The lowest BCUT2D eigenvalue weighted by Gasteiger charge is -2.24. The third kappa shape index (κ3) is 3.91. The van der Waals surface area contributed by atoms with Gasteiger partial charge in [0.15, 0.2) is 0 Å². The second-order valence-corrected chi connectivity index (χ2v) is 7.39. The van der Waals surface area contributed by atoms with Crippen LogP contribution < -0.4 is 5.32 Å². The fourth-order valence-electron chi connectivity index (χ4n) is 3.15. The van der Waals surface area contributed by atoms with Crippen molar-refractivity contribution >= 4 is 23.2 Å². The summed E-state index contributed by atoms with van der Waals surface area (Å²) in [5.74, 6) is 0.990. The molecule has 0 spiro atoms. The summed E-state index contributed by atoms with van der Waals surface area (Å²) in [6.45, 7) is 2.74. The van der Waals surface area contributed by atoms with E-state index in [0.29, 0.717) is 32.0 Å². The molecule has 26 heavy (non-hydrogen) atoms. The minimum Gasteiger partial charge on any atom is -0.354 e.